The fourth-order valence-corrected chi connectivity index (χ4v) is 4.94. The average Bonchev–Trinajstić information content (AvgIpc) is 3.32. The van der Waals surface area contributed by atoms with Gasteiger partial charge in [0.25, 0.3) is 5.91 Å². The predicted molar refractivity (Wildman–Crippen MR) is 138 cm³/mol. The Balaban J connectivity index is 1.43. The Bertz CT molecular complexity index is 1400. The quantitative estimate of drug-likeness (QED) is 0.419. The summed E-state index contributed by atoms with van der Waals surface area (Å²) in [6.07, 6.45) is 1.05. The van der Waals surface area contributed by atoms with Crippen molar-refractivity contribution in [1.82, 2.24) is 9.97 Å². The summed E-state index contributed by atoms with van der Waals surface area (Å²) < 4.78 is 5.82. The predicted octanol–water partition coefficient (Wildman–Crippen LogP) is 5.24. The molecule has 1 aliphatic heterocycles. The van der Waals surface area contributed by atoms with Crippen LogP contribution in [0, 0.1) is 13.8 Å². The summed E-state index contributed by atoms with van der Waals surface area (Å²) in [5, 5.41) is 5.68. The van der Waals surface area contributed by atoms with Gasteiger partial charge in [-0.2, -0.15) is 0 Å². The molecule has 0 aliphatic carbocycles. The van der Waals surface area contributed by atoms with Crippen LogP contribution in [0.2, 0.25) is 0 Å². The van der Waals surface area contributed by atoms with Gasteiger partial charge in [0, 0.05) is 22.8 Å². The highest BCUT2D eigenvalue weighted by molar-refractivity contribution is 7.13. The van der Waals surface area contributed by atoms with Crippen molar-refractivity contribution in [2.45, 2.75) is 26.9 Å². The van der Waals surface area contributed by atoms with E-state index >= 15 is 0 Å². The molecule has 35 heavy (non-hydrogen) atoms. The van der Waals surface area contributed by atoms with Gasteiger partial charge in [-0.15, -0.1) is 11.3 Å². The largest absolute Gasteiger partial charge is 0.479 e. The summed E-state index contributed by atoms with van der Waals surface area (Å²) in [5.41, 5.74) is 5.77. The van der Waals surface area contributed by atoms with Crippen LogP contribution >= 0.6 is 11.3 Å². The average molecular weight is 485 g/mol. The molecule has 0 saturated carbocycles. The highest BCUT2D eigenvalue weighted by Gasteiger charge is 2.33. The zero-order valence-corrected chi connectivity index (χ0v) is 20.4. The van der Waals surface area contributed by atoms with Gasteiger partial charge in [0.1, 0.15) is 17.3 Å². The summed E-state index contributed by atoms with van der Waals surface area (Å²) in [4.78, 5) is 36.5. The Morgan fingerprint density at radius 1 is 1.09 bits per heavy atom. The van der Waals surface area contributed by atoms with E-state index in [0.717, 1.165) is 33.1 Å². The molecule has 0 bridgehead atoms. The van der Waals surface area contributed by atoms with Crippen LogP contribution < -0.4 is 15.0 Å². The molecule has 176 valence electrons. The van der Waals surface area contributed by atoms with Gasteiger partial charge in [0.2, 0.25) is 5.91 Å². The van der Waals surface area contributed by atoms with Gasteiger partial charge in [-0.3, -0.25) is 19.5 Å². The van der Waals surface area contributed by atoms with Crippen LogP contribution in [0.1, 0.15) is 18.1 Å². The Morgan fingerprint density at radius 2 is 1.89 bits per heavy atom. The van der Waals surface area contributed by atoms with Crippen molar-refractivity contribution in [3.8, 4) is 27.7 Å². The number of thiazole rings is 1. The highest BCUT2D eigenvalue weighted by Crippen LogP contribution is 2.38. The SMILES string of the molecule is Cc1cc(C)cc(NC(=O)CN2C(=O)C(C)Oc3ccc(-c4csc(-c5ccccn5)n4)cc32)c1. The van der Waals surface area contributed by atoms with Gasteiger partial charge in [-0.25, -0.2) is 4.98 Å². The number of aryl methyl sites for hydroxylation is 2. The van der Waals surface area contributed by atoms with Gasteiger partial charge in [-0.1, -0.05) is 12.1 Å². The lowest BCUT2D eigenvalue weighted by atomic mass is 10.1. The molecule has 0 fully saturated rings. The number of fused-ring (bicyclic) bond motifs is 1. The van der Waals surface area contributed by atoms with Gasteiger partial charge in [0.05, 0.1) is 17.1 Å². The number of aromatic nitrogens is 2. The second kappa shape index (κ2) is 9.31. The van der Waals surface area contributed by atoms with Crippen LogP contribution in [-0.2, 0) is 9.59 Å². The molecule has 0 spiro atoms. The molecule has 4 aromatic rings. The lowest BCUT2D eigenvalue weighted by Crippen LogP contribution is -2.47. The van der Waals surface area contributed by atoms with Crippen LogP contribution in [0.3, 0.4) is 0 Å². The molecule has 2 amide bonds. The molecule has 2 aromatic heterocycles. The summed E-state index contributed by atoms with van der Waals surface area (Å²) in [5.74, 6) is 0.0119. The number of nitrogens with one attached hydrogen (secondary N) is 1. The molecule has 1 unspecified atom stereocenters. The molecular weight excluding hydrogens is 460 g/mol. The molecule has 0 radical (unpaired) electrons. The summed E-state index contributed by atoms with van der Waals surface area (Å²) >= 11 is 1.50. The summed E-state index contributed by atoms with van der Waals surface area (Å²) in [7, 11) is 0. The van der Waals surface area contributed by atoms with E-state index in [1.165, 1.54) is 16.2 Å². The lowest BCUT2D eigenvalue weighted by Gasteiger charge is -2.32. The van der Waals surface area contributed by atoms with E-state index in [-0.39, 0.29) is 18.4 Å². The van der Waals surface area contributed by atoms with E-state index in [4.69, 9.17) is 9.72 Å². The number of anilines is 2. The number of carbonyl (C=O) groups excluding carboxylic acids is 2. The van der Waals surface area contributed by atoms with Crippen LogP contribution in [0.15, 0.2) is 66.2 Å². The molecule has 1 atom stereocenters. The van der Waals surface area contributed by atoms with Crippen molar-refractivity contribution in [3.05, 3.63) is 77.3 Å². The summed E-state index contributed by atoms with van der Waals surface area (Å²) in [6.45, 7) is 5.52. The van der Waals surface area contributed by atoms with Crippen LogP contribution in [-0.4, -0.2) is 34.4 Å². The van der Waals surface area contributed by atoms with Crippen molar-refractivity contribution in [2.75, 3.05) is 16.8 Å². The number of amides is 2. The summed E-state index contributed by atoms with van der Waals surface area (Å²) in [6, 6.07) is 17.1. The maximum absolute atomic E-state index is 13.0. The van der Waals surface area contributed by atoms with E-state index in [1.54, 1.807) is 13.1 Å². The smallest absolute Gasteiger partial charge is 0.268 e. The minimum Gasteiger partial charge on any atom is -0.479 e. The minimum absolute atomic E-state index is 0.119. The van der Waals surface area contributed by atoms with Crippen molar-refractivity contribution < 1.29 is 14.3 Å². The number of nitrogens with zero attached hydrogens (tertiary/aromatic N) is 3. The standard InChI is InChI=1S/C27H24N4O3S/c1-16-10-17(2)12-20(11-16)29-25(32)14-31-23-13-19(7-8-24(23)34-18(3)27(31)33)22-15-35-26(30-22)21-6-4-5-9-28-21/h4-13,15,18H,14H2,1-3H3,(H,29,32). The topological polar surface area (TPSA) is 84.4 Å². The number of pyridine rings is 1. The Morgan fingerprint density at radius 3 is 2.63 bits per heavy atom. The monoisotopic (exact) mass is 484 g/mol. The van der Waals surface area contributed by atoms with Crippen molar-refractivity contribution in [3.63, 3.8) is 0 Å². The second-order valence-electron chi connectivity index (χ2n) is 8.54. The first-order valence-electron chi connectivity index (χ1n) is 11.2. The zero-order valence-electron chi connectivity index (χ0n) is 19.6. The maximum Gasteiger partial charge on any atom is 0.268 e. The molecule has 5 rings (SSSR count). The number of ether oxygens (including phenoxy) is 1. The van der Waals surface area contributed by atoms with Crippen molar-refractivity contribution >= 4 is 34.5 Å². The van der Waals surface area contributed by atoms with E-state index in [1.807, 2.05) is 73.8 Å². The van der Waals surface area contributed by atoms with Crippen LogP contribution in [0.5, 0.6) is 5.75 Å². The van der Waals surface area contributed by atoms with Crippen molar-refractivity contribution in [2.24, 2.45) is 0 Å². The zero-order chi connectivity index (χ0) is 24.5. The fraction of sp³-hybridized carbons (Fsp3) is 0.185. The molecule has 7 nitrogen and oxygen atoms in total. The lowest BCUT2D eigenvalue weighted by molar-refractivity contribution is -0.127. The Labute approximate surface area is 207 Å². The Hall–Kier alpha value is -4.04. The molecule has 0 saturated heterocycles. The van der Waals surface area contributed by atoms with E-state index in [0.29, 0.717) is 17.1 Å². The highest BCUT2D eigenvalue weighted by atomic mass is 32.1. The van der Waals surface area contributed by atoms with Crippen LogP contribution in [0.4, 0.5) is 11.4 Å². The normalized spacial score (nSPS) is 14.9. The second-order valence-corrected chi connectivity index (χ2v) is 9.40. The minimum atomic E-state index is -0.683. The number of carbonyl (C=O) groups is 2. The van der Waals surface area contributed by atoms with Gasteiger partial charge < -0.3 is 10.1 Å². The van der Waals surface area contributed by atoms with E-state index in [9.17, 15) is 9.59 Å². The number of hydrogen-bond acceptors (Lipinski definition) is 6. The van der Waals surface area contributed by atoms with Gasteiger partial charge >= 0.3 is 0 Å². The first-order valence-corrected chi connectivity index (χ1v) is 12.1. The Kier molecular flexibility index (Phi) is 6.05. The molecule has 3 heterocycles. The van der Waals surface area contributed by atoms with E-state index in [2.05, 4.69) is 10.3 Å². The first-order chi connectivity index (χ1) is 16.9. The third-order valence-corrected chi connectivity index (χ3v) is 6.52. The third kappa shape index (κ3) is 4.79. The molecular formula is C27H24N4O3S. The molecule has 8 heteroatoms. The first kappa shape index (κ1) is 22.7. The van der Waals surface area contributed by atoms with Gasteiger partial charge in [0.15, 0.2) is 6.10 Å². The molecule has 1 aliphatic rings. The van der Waals surface area contributed by atoms with Gasteiger partial charge in [-0.05, 0) is 74.4 Å². The third-order valence-electron chi connectivity index (χ3n) is 5.66. The number of hydrogen-bond donors (Lipinski definition) is 1. The number of benzene rings is 2. The van der Waals surface area contributed by atoms with Crippen LogP contribution in [0.25, 0.3) is 22.0 Å². The maximum atomic E-state index is 13.0. The van der Waals surface area contributed by atoms with E-state index < -0.39 is 6.10 Å². The number of rotatable bonds is 5. The molecule has 1 N–H and O–H groups in total. The van der Waals surface area contributed by atoms with Crippen molar-refractivity contribution in [1.29, 1.82) is 0 Å². The molecule has 2 aromatic carbocycles. The fourth-order valence-electron chi connectivity index (χ4n) is 4.13.